The highest BCUT2D eigenvalue weighted by Crippen LogP contribution is 2.30. The van der Waals surface area contributed by atoms with Gasteiger partial charge in [0.2, 0.25) is 0 Å². The number of esters is 1. The second-order valence-corrected chi connectivity index (χ2v) is 8.36. The number of H-pyrrole nitrogens is 1. The maximum absolute atomic E-state index is 12.7. The smallest absolute Gasteiger partial charge is 0.340 e. The fourth-order valence-electron chi connectivity index (χ4n) is 4.39. The SMILES string of the molecule is CCCOc1nc2cccc(C(=O)OCC)c2n1Cc1ccc(-c2[nH]c(C)c(CC)c2C#N)cc1. The standard InChI is InChI=1S/C28H30N4O3/c1-5-15-35-28-31-24-10-8-9-22(27(33)34-7-3)26(24)32(28)17-19-11-13-20(14-12-19)25-23(16-29)21(6-2)18(4)30-25/h8-14,30H,5-7,15,17H2,1-4H3. The highest BCUT2D eigenvalue weighted by molar-refractivity contribution is 6.02. The molecule has 2 aromatic carbocycles. The number of rotatable bonds is 9. The minimum absolute atomic E-state index is 0.298. The summed E-state index contributed by atoms with van der Waals surface area (Å²) in [6.45, 7) is 9.19. The molecule has 35 heavy (non-hydrogen) atoms. The molecule has 0 aliphatic rings. The number of carbonyl (C=O) groups excluding carboxylic acids is 1. The molecule has 2 aromatic heterocycles. The molecule has 0 bridgehead atoms. The number of imidazole rings is 1. The summed E-state index contributed by atoms with van der Waals surface area (Å²) in [4.78, 5) is 20.7. The van der Waals surface area contributed by atoms with Gasteiger partial charge in [0.25, 0.3) is 6.01 Å². The van der Waals surface area contributed by atoms with Gasteiger partial charge in [0.1, 0.15) is 6.07 Å². The predicted octanol–water partition coefficient (Wildman–Crippen LogP) is 5.79. The number of aromatic amines is 1. The molecular formula is C28H30N4O3. The Bertz CT molecular complexity index is 1390. The van der Waals surface area contributed by atoms with E-state index >= 15 is 0 Å². The molecule has 7 nitrogen and oxygen atoms in total. The quantitative estimate of drug-likeness (QED) is 0.313. The van der Waals surface area contributed by atoms with Crippen LogP contribution in [0.3, 0.4) is 0 Å². The second kappa shape index (κ2) is 10.5. The molecule has 0 saturated carbocycles. The Balaban J connectivity index is 1.74. The zero-order chi connectivity index (χ0) is 24.9. The van der Waals surface area contributed by atoms with Crippen LogP contribution < -0.4 is 4.74 Å². The molecule has 0 amide bonds. The van der Waals surface area contributed by atoms with Gasteiger partial charge in [-0.25, -0.2) is 4.79 Å². The van der Waals surface area contributed by atoms with Gasteiger partial charge in [-0.3, -0.25) is 4.57 Å². The van der Waals surface area contributed by atoms with Crippen molar-refractivity contribution >= 4 is 17.0 Å². The first-order valence-corrected chi connectivity index (χ1v) is 12.0. The maximum atomic E-state index is 12.7. The predicted molar refractivity (Wildman–Crippen MR) is 136 cm³/mol. The van der Waals surface area contributed by atoms with Crippen molar-refractivity contribution in [2.75, 3.05) is 13.2 Å². The van der Waals surface area contributed by atoms with Gasteiger partial charge in [0.15, 0.2) is 0 Å². The maximum Gasteiger partial charge on any atom is 0.340 e. The van der Waals surface area contributed by atoms with E-state index in [1.54, 1.807) is 19.1 Å². The van der Waals surface area contributed by atoms with Crippen molar-refractivity contribution in [3.8, 4) is 23.3 Å². The minimum atomic E-state index is -0.380. The number of para-hydroxylation sites is 1. The van der Waals surface area contributed by atoms with Crippen LogP contribution in [0.5, 0.6) is 6.01 Å². The first kappa shape index (κ1) is 24.1. The number of aromatic nitrogens is 3. The van der Waals surface area contributed by atoms with Gasteiger partial charge in [-0.15, -0.1) is 0 Å². The van der Waals surface area contributed by atoms with Crippen LogP contribution in [0.2, 0.25) is 0 Å². The number of carbonyl (C=O) groups is 1. The van der Waals surface area contributed by atoms with Gasteiger partial charge >= 0.3 is 5.97 Å². The van der Waals surface area contributed by atoms with Crippen LogP contribution in [0.15, 0.2) is 42.5 Å². The largest absolute Gasteiger partial charge is 0.465 e. The summed E-state index contributed by atoms with van der Waals surface area (Å²) in [7, 11) is 0. The molecule has 4 rings (SSSR count). The molecule has 0 unspecified atom stereocenters. The Morgan fingerprint density at radius 3 is 2.57 bits per heavy atom. The Morgan fingerprint density at radius 1 is 1.14 bits per heavy atom. The molecule has 0 atom stereocenters. The van der Waals surface area contributed by atoms with Gasteiger partial charge in [0, 0.05) is 5.69 Å². The van der Waals surface area contributed by atoms with E-state index < -0.39 is 0 Å². The lowest BCUT2D eigenvalue weighted by Gasteiger charge is -2.12. The third kappa shape index (κ3) is 4.65. The molecule has 0 aliphatic heterocycles. The van der Waals surface area contributed by atoms with Gasteiger partial charge < -0.3 is 14.5 Å². The number of nitrogens with one attached hydrogen (secondary N) is 1. The van der Waals surface area contributed by atoms with Gasteiger partial charge in [-0.1, -0.05) is 44.2 Å². The molecule has 7 heteroatoms. The van der Waals surface area contributed by atoms with E-state index in [4.69, 9.17) is 9.47 Å². The monoisotopic (exact) mass is 470 g/mol. The lowest BCUT2D eigenvalue weighted by atomic mass is 10.0. The van der Waals surface area contributed by atoms with Crippen molar-refractivity contribution in [2.45, 2.75) is 47.1 Å². The van der Waals surface area contributed by atoms with Crippen molar-refractivity contribution in [1.82, 2.24) is 14.5 Å². The molecule has 0 aliphatic carbocycles. The van der Waals surface area contributed by atoms with Crippen molar-refractivity contribution in [3.05, 3.63) is 70.4 Å². The Labute approximate surface area is 205 Å². The first-order valence-electron chi connectivity index (χ1n) is 12.0. The number of hydrogen-bond donors (Lipinski definition) is 1. The molecule has 180 valence electrons. The fraction of sp³-hybridized carbons (Fsp3) is 0.321. The average molecular weight is 471 g/mol. The lowest BCUT2D eigenvalue weighted by molar-refractivity contribution is 0.0528. The molecule has 4 aromatic rings. The van der Waals surface area contributed by atoms with Crippen LogP contribution in [0, 0.1) is 18.3 Å². The van der Waals surface area contributed by atoms with E-state index in [1.807, 2.05) is 48.7 Å². The first-order chi connectivity index (χ1) is 17.0. The number of aryl methyl sites for hydroxylation is 1. The summed E-state index contributed by atoms with van der Waals surface area (Å²) >= 11 is 0. The van der Waals surface area contributed by atoms with Crippen molar-refractivity contribution in [1.29, 1.82) is 5.26 Å². The molecule has 0 saturated heterocycles. The number of nitriles is 1. The normalized spacial score (nSPS) is 10.9. The number of nitrogens with zero attached hydrogens (tertiary/aromatic N) is 3. The summed E-state index contributed by atoms with van der Waals surface area (Å²) in [6.07, 6.45) is 1.65. The topological polar surface area (TPSA) is 92.9 Å². The van der Waals surface area contributed by atoms with E-state index in [2.05, 4.69) is 23.0 Å². The summed E-state index contributed by atoms with van der Waals surface area (Å²) < 4.78 is 13.2. The van der Waals surface area contributed by atoms with Crippen molar-refractivity contribution in [2.24, 2.45) is 0 Å². The highest BCUT2D eigenvalue weighted by Gasteiger charge is 2.20. The van der Waals surface area contributed by atoms with Crippen molar-refractivity contribution < 1.29 is 14.3 Å². The molecule has 1 N–H and O–H groups in total. The average Bonchev–Trinajstić information content (AvgIpc) is 3.39. The highest BCUT2D eigenvalue weighted by atomic mass is 16.5. The molecule has 0 radical (unpaired) electrons. The summed E-state index contributed by atoms with van der Waals surface area (Å²) in [6, 6.07) is 16.3. The number of hydrogen-bond acceptors (Lipinski definition) is 5. The zero-order valence-electron chi connectivity index (χ0n) is 20.6. The Kier molecular flexibility index (Phi) is 7.21. The van der Waals surface area contributed by atoms with Gasteiger partial charge in [-0.2, -0.15) is 10.2 Å². The third-order valence-electron chi connectivity index (χ3n) is 6.03. The van der Waals surface area contributed by atoms with E-state index in [1.165, 1.54) is 0 Å². The van der Waals surface area contributed by atoms with Crippen LogP contribution in [-0.4, -0.2) is 33.7 Å². The molecule has 2 heterocycles. The van der Waals surface area contributed by atoms with Crippen LogP contribution in [0.25, 0.3) is 22.3 Å². The van der Waals surface area contributed by atoms with E-state index in [0.717, 1.165) is 40.9 Å². The zero-order valence-corrected chi connectivity index (χ0v) is 20.6. The second-order valence-electron chi connectivity index (χ2n) is 8.36. The van der Waals surface area contributed by atoms with Crippen LogP contribution in [0.1, 0.15) is 59.9 Å². The molecule has 0 spiro atoms. The Hall–Kier alpha value is -4.05. The molecular weight excluding hydrogens is 440 g/mol. The van der Waals surface area contributed by atoms with E-state index in [0.29, 0.717) is 47.9 Å². The summed E-state index contributed by atoms with van der Waals surface area (Å²) in [5.74, 6) is -0.380. The number of benzene rings is 2. The lowest BCUT2D eigenvalue weighted by Crippen LogP contribution is -2.10. The van der Waals surface area contributed by atoms with Gasteiger partial charge in [-0.05, 0) is 55.5 Å². The molecule has 0 fully saturated rings. The summed E-state index contributed by atoms with van der Waals surface area (Å²) in [5, 5.41) is 9.71. The third-order valence-corrected chi connectivity index (χ3v) is 6.03. The minimum Gasteiger partial charge on any atom is -0.465 e. The summed E-state index contributed by atoms with van der Waals surface area (Å²) in [5.41, 5.74) is 7.45. The van der Waals surface area contributed by atoms with Gasteiger partial charge in [0.05, 0.1) is 47.6 Å². The van der Waals surface area contributed by atoms with E-state index in [9.17, 15) is 10.1 Å². The fourth-order valence-corrected chi connectivity index (χ4v) is 4.39. The number of fused-ring (bicyclic) bond motifs is 1. The Morgan fingerprint density at radius 2 is 1.91 bits per heavy atom. The van der Waals surface area contributed by atoms with Crippen LogP contribution >= 0.6 is 0 Å². The van der Waals surface area contributed by atoms with Crippen molar-refractivity contribution in [3.63, 3.8) is 0 Å². The van der Waals surface area contributed by atoms with Crippen LogP contribution in [-0.2, 0) is 17.7 Å². The van der Waals surface area contributed by atoms with Crippen LogP contribution in [0.4, 0.5) is 0 Å². The number of ether oxygens (including phenoxy) is 2. The van der Waals surface area contributed by atoms with E-state index in [-0.39, 0.29) is 5.97 Å².